The van der Waals surface area contributed by atoms with Gasteiger partial charge in [-0.15, -0.1) is 11.3 Å². The Labute approximate surface area is 106 Å². The molecule has 2 aromatic rings. The quantitative estimate of drug-likeness (QED) is 0.799. The molecule has 1 aliphatic rings. The maximum absolute atomic E-state index is 4.47. The van der Waals surface area contributed by atoms with Gasteiger partial charge in [0, 0.05) is 23.8 Å². The Kier molecular flexibility index (Phi) is 2.85. The Bertz CT molecular complexity index is 475. The van der Waals surface area contributed by atoms with Crippen LogP contribution in [0.5, 0.6) is 0 Å². The lowest BCUT2D eigenvalue weighted by Gasteiger charge is -2.25. The van der Waals surface area contributed by atoms with Gasteiger partial charge in [0.2, 0.25) is 0 Å². The largest absolute Gasteiger partial charge is 0.362 e. The van der Waals surface area contributed by atoms with Crippen LogP contribution in [-0.2, 0) is 0 Å². The number of hydrogen-bond donors (Lipinski definition) is 0. The summed E-state index contributed by atoms with van der Waals surface area (Å²) in [6.45, 7) is 3.28. The molecule has 0 radical (unpaired) electrons. The highest BCUT2D eigenvalue weighted by Crippen LogP contribution is 2.36. The van der Waals surface area contributed by atoms with Crippen molar-refractivity contribution in [3.8, 4) is 0 Å². The van der Waals surface area contributed by atoms with Crippen molar-refractivity contribution in [3.05, 3.63) is 46.4 Å². The number of benzene rings is 1. The summed E-state index contributed by atoms with van der Waals surface area (Å²) in [5, 5.41) is 3.32. The summed E-state index contributed by atoms with van der Waals surface area (Å²) in [6.07, 6.45) is 4.39. The Hall–Kier alpha value is -1.35. The second kappa shape index (κ2) is 4.49. The van der Waals surface area contributed by atoms with Crippen molar-refractivity contribution in [2.45, 2.75) is 25.8 Å². The predicted molar refractivity (Wildman–Crippen MR) is 72.6 cm³/mol. The van der Waals surface area contributed by atoms with Gasteiger partial charge in [0.05, 0.1) is 6.04 Å². The normalized spacial score (nSPS) is 19.8. The molecule has 1 saturated heterocycles. The lowest BCUT2D eigenvalue weighted by Crippen LogP contribution is -2.22. The predicted octanol–water partition coefficient (Wildman–Crippen LogP) is 3.79. The van der Waals surface area contributed by atoms with E-state index in [1.807, 2.05) is 6.20 Å². The number of thiazole rings is 1. The lowest BCUT2D eigenvalue weighted by atomic mass is 10.2. The van der Waals surface area contributed by atoms with E-state index in [9.17, 15) is 0 Å². The van der Waals surface area contributed by atoms with Gasteiger partial charge in [0.25, 0.3) is 0 Å². The molecule has 88 valence electrons. The zero-order valence-electron chi connectivity index (χ0n) is 9.97. The molecule has 1 unspecified atom stereocenters. The fourth-order valence-corrected chi connectivity index (χ4v) is 3.25. The highest BCUT2D eigenvalue weighted by atomic mass is 32.1. The van der Waals surface area contributed by atoms with Crippen molar-refractivity contribution >= 4 is 17.0 Å². The molecule has 1 aromatic heterocycles. The molecule has 1 atom stereocenters. The third-order valence-electron chi connectivity index (χ3n) is 3.35. The standard InChI is InChI=1S/C14H16N2S/c1-11-4-6-12(7-5-11)16-9-2-3-13(16)14-15-8-10-17-14/h4-8,10,13H,2-3,9H2,1H3. The number of rotatable bonds is 2. The molecular weight excluding hydrogens is 228 g/mol. The summed E-state index contributed by atoms with van der Waals surface area (Å²) in [6, 6.07) is 9.31. The first kappa shape index (κ1) is 10.8. The smallest absolute Gasteiger partial charge is 0.115 e. The Balaban J connectivity index is 1.89. The maximum atomic E-state index is 4.47. The van der Waals surface area contributed by atoms with Crippen LogP contribution in [0.1, 0.15) is 29.5 Å². The Morgan fingerprint density at radius 2 is 2.12 bits per heavy atom. The van der Waals surface area contributed by atoms with E-state index in [2.05, 4.69) is 46.5 Å². The van der Waals surface area contributed by atoms with Gasteiger partial charge < -0.3 is 4.90 Å². The summed E-state index contributed by atoms with van der Waals surface area (Å²) in [4.78, 5) is 6.95. The molecule has 0 amide bonds. The van der Waals surface area contributed by atoms with Crippen LogP contribution in [0.25, 0.3) is 0 Å². The molecule has 0 saturated carbocycles. The molecule has 2 nitrogen and oxygen atoms in total. The topological polar surface area (TPSA) is 16.1 Å². The van der Waals surface area contributed by atoms with Crippen LogP contribution in [0, 0.1) is 6.92 Å². The van der Waals surface area contributed by atoms with E-state index in [1.54, 1.807) is 11.3 Å². The average molecular weight is 244 g/mol. The van der Waals surface area contributed by atoms with E-state index < -0.39 is 0 Å². The molecular formula is C14H16N2S. The lowest BCUT2D eigenvalue weighted by molar-refractivity contribution is 0.712. The number of aromatic nitrogens is 1. The third-order valence-corrected chi connectivity index (χ3v) is 4.23. The first-order valence-electron chi connectivity index (χ1n) is 6.07. The zero-order chi connectivity index (χ0) is 11.7. The van der Waals surface area contributed by atoms with Crippen LogP contribution in [0.15, 0.2) is 35.8 Å². The number of nitrogens with zero attached hydrogens (tertiary/aromatic N) is 2. The molecule has 3 heteroatoms. The van der Waals surface area contributed by atoms with Gasteiger partial charge in [-0.25, -0.2) is 4.98 Å². The Morgan fingerprint density at radius 1 is 1.29 bits per heavy atom. The molecule has 0 spiro atoms. The number of hydrogen-bond acceptors (Lipinski definition) is 3. The van der Waals surface area contributed by atoms with E-state index in [0.717, 1.165) is 6.54 Å². The van der Waals surface area contributed by atoms with Crippen LogP contribution >= 0.6 is 11.3 Å². The SMILES string of the molecule is Cc1ccc(N2CCCC2c2nccs2)cc1. The highest BCUT2D eigenvalue weighted by molar-refractivity contribution is 7.09. The minimum absolute atomic E-state index is 0.484. The van der Waals surface area contributed by atoms with Gasteiger partial charge in [0.1, 0.15) is 5.01 Å². The van der Waals surface area contributed by atoms with Crippen LogP contribution in [-0.4, -0.2) is 11.5 Å². The number of anilines is 1. The first-order valence-corrected chi connectivity index (χ1v) is 6.95. The van der Waals surface area contributed by atoms with Gasteiger partial charge in [-0.3, -0.25) is 0 Å². The highest BCUT2D eigenvalue weighted by Gasteiger charge is 2.27. The van der Waals surface area contributed by atoms with Gasteiger partial charge in [0.15, 0.2) is 0 Å². The minimum Gasteiger partial charge on any atom is -0.362 e. The van der Waals surface area contributed by atoms with Crippen molar-refractivity contribution in [2.24, 2.45) is 0 Å². The number of aryl methyl sites for hydroxylation is 1. The van der Waals surface area contributed by atoms with E-state index in [-0.39, 0.29) is 0 Å². The van der Waals surface area contributed by atoms with Crippen molar-refractivity contribution in [3.63, 3.8) is 0 Å². The summed E-state index contributed by atoms with van der Waals surface area (Å²) in [5.74, 6) is 0. The molecule has 3 rings (SSSR count). The molecule has 0 bridgehead atoms. The van der Waals surface area contributed by atoms with E-state index in [4.69, 9.17) is 0 Å². The van der Waals surface area contributed by atoms with E-state index >= 15 is 0 Å². The zero-order valence-corrected chi connectivity index (χ0v) is 10.8. The molecule has 1 aromatic carbocycles. The van der Waals surface area contributed by atoms with E-state index in [1.165, 1.54) is 29.1 Å². The minimum atomic E-state index is 0.484. The van der Waals surface area contributed by atoms with Gasteiger partial charge >= 0.3 is 0 Å². The van der Waals surface area contributed by atoms with E-state index in [0.29, 0.717) is 6.04 Å². The monoisotopic (exact) mass is 244 g/mol. The van der Waals surface area contributed by atoms with Crippen molar-refractivity contribution in [2.75, 3.05) is 11.4 Å². The van der Waals surface area contributed by atoms with Gasteiger partial charge in [-0.2, -0.15) is 0 Å². The second-order valence-corrected chi connectivity index (χ2v) is 5.48. The van der Waals surface area contributed by atoms with Crippen molar-refractivity contribution in [1.29, 1.82) is 0 Å². The summed E-state index contributed by atoms with van der Waals surface area (Å²) in [5.41, 5.74) is 2.65. The van der Waals surface area contributed by atoms with Crippen molar-refractivity contribution < 1.29 is 0 Å². The molecule has 0 N–H and O–H groups in total. The first-order chi connectivity index (χ1) is 8.34. The molecule has 0 aliphatic carbocycles. The molecule has 1 aliphatic heterocycles. The fraction of sp³-hybridized carbons (Fsp3) is 0.357. The summed E-state index contributed by atoms with van der Waals surface area (Å²) in [7, 11) is 0. The molecule has 2 heterocycles. The van der Waals surface area contributed by atoms with Gasteiger partial charge in [-0.1, -0.05) is 17.7 Å². The van der Waals surface area contributed by atoms with Crippen LogP contribution in [0.2, 0.25) is 0 Å². The molecule has 17 heavy (non-hydrogen) atoms. The summed E-state index contributed by atoms with van der Waals surface area (Å²) < 4.78 is 0. The Morgan fingerprint density at radius 3 is 2.82 bits per heavy atom. The second-order valence-electron chi connectivity index (χ2n) is 4.56. The van der Waals surface area contributed by atoms with Crippen molar-refractivity contribution in [1.82, 2.24) is 4.98 Å². The summed E-state index contributed by atoms with van der Waals surface area (Å²) >= 11 is 1.77. The van der Waals surface area contributed by atoms with Crippen LogP contribution < -0.4 is 4.90 Å². The maximum Gasteiger partial charge on any atom is 0.115 e. The van der Waals surface area contributed by atoms with Crippen LogP contribution in [0.3, 0.4) is 0 Å². The third kappa shape index (κ3) is 2.07. The van der Waals surface area contributed by atoms with Gasteiger partial charge in [-0.05, 0) is 31.9 Å². The fourth-order valence-electron chi connectivity index (χ4n) is 2.47. The average Bonchev–Trinajstić information content (AvgIpc) is 3.00. The molecule has 1 fully saturated rings. The van der Waals surface area contributed by atoms with Crippen LogP contribution in [0.4, 0.5) is 5.69 Å².